The lowest BCUT2D eigenvalue weighted by Crippen LogP contribution is -2.32. The highest BCUT2D eigenvalue weighted by Crippen LogP contribution is 2.24. The van der Waals surface area contributed by atoms with Gasteiger partial charge in [0.05, 0.1) is 5.69 Å². The van der Waals surface area contributed by atoms with Crippen LogP contribution < -0.4 is 4.72 Å². The van der Waals surface area contributed by atoms with Crippen LogP contribution in [0.4, 0.5) is 5.69 Å². The number of benzene rings is 1. The summed E-state index contributed by atoms with van der Waals surface area (Å²) in [5, 5.41) is 7.56. The molecule has 1 atom stereocenters. The van der Waals surface area contributed by atoms with Crippen molar-refractivity contribution < 1.29 is 18.3 Å². The van der Waals surface area contributed by atoms with E-state index in [4.69, 9.17) is 16.7 Å². The molecule has 0 spiro atoms. The fraction of sp³-hybridized carbons (Fsp3) is 0.300. The Balaban J connectivity index is 3.07. The summed E-state index contributed by atoms with van der Waals surface area (Å²) in [4.78, 5) is 10.6. The summed E-state index contributed by atoms with van der Waals surface area (Å²) in [5.74, 6) is -1.41. The number of rotatable bonds is 4. The van der Waals surface area contributed by atoms with Crippen LogP contribution in [-0.4, -0.2) is 24.7 Å². The molecule has 0 amide bonds. The molecule has 0 aliphatic rings. The van der Waals surface area contributed by atoms with E-state index in [0.29, 0.717) is 10.6 Å². The van der Waals surface area contributed by atoms with E-state index in [1.807, 2.05) is 0 Å². The van der Waals surface area contributed by atoms with E-state index in [1.54, 1.807) is 19.1 Å². The van der Waals surface area contributed by atoms with Crippen molar-refractivity contribution in [2.45, 2.75) is 19.1 Å². The van der Waals surface area contributed by atoms with Crippen LogP contribution in [0.15, 0.2) is 18.2 Å². The molecule has 0 heterocycles. The lowest BCUT2D eigenvalue weighted by molar-refractivity contribution is -0.136. The monoisotopic (exact) mass is 277 g/mol. The first-order valence-corrected chi connectivity index (χ1v) is 6.67. The summed E-state index contributed by atoms with van der Waals surface area (Å²) < 4.78 is 25.6. The molecule has 5 nitrogen and oxygen atoms in total. The molecule has 1 aromatic rings. The van der Waals surface area contributed by atoms with Crippen molar-refractivity contribution in [2.24, 2.45) is 0 Å². The maximum atomic E-state index is 11.7. The van der Waals surface area contributed by atoms with Crippen LogP contribution in [0.25, 0.3) is 0 Å². The quantitative estimate of drug-likeness (QED) is 0.880. The van der Waals surface area contributed by atoms with Gasteiger partial charge in [-0.1, -0.05) is 17.7 Å². The average molecular weight is 278 g/mol. The molecular formula is C10H12ClNO4S. The molecule has 7 heteroatoms. The number of anilines is 1. The second kappa shape index (κ2) is 4.93. The fourth-order valence-electron chi connectivity index (χ4n) is 1.09. The highest BCUT2D eigenvalue weighted by Gasteiger charge is 2.28. The summed E-state index contributed by atoms with van der Waals surface area (Å²) in [6, 6.07) is 4.72. The van der Waals surface area contributed by atoms with Crippen molar-refractivity contribution in [1.29, 1.82) is 0 Å². The molecule has 0 radical (unpaired) electrons. The Morgan fingerprint density at radius 2 is 2.06 bits per heavy atom. The maximum Gasteiger partial charge on any atom is 0.323 e. The third kappa shape index (κ3) is 3.10. The second-order valence-electron chi connectivity index (χ2n) is 3.54. The van der Waals surface area contributed by atoms with Crippen molar-refractivity contribution in [3.05, 3.63) is 28.8 Å². The van der Waals surface area contributed by atoms with Gasteiger partial charge in [-0.05, 0) is 31.5 Å². The normalized spacial score (nSPS) is 13.1. The zero-order chi connectivity index (χ0) is 13.2. The highest BCUT2D eigenvalue weighted by atomic mass is 35.5. The Morgan fingerprint density at radius 3 is 2.59 bits per heavy atom. The Kier molecular flexibility index (Phi) is 4.00. The van der Waals surface area contributed by atoms with E-state index in [2.05, 4.69) is 4.72 Å². The van der Waals surface area contributed by atoms with Gasteiger partial charge in [-0.15, -0.1) is 0 Å². The molecule has 0 bridgehead atoms. The molecule has 1 unspecified atom stereocenters. The lowest BCUT2D eigenvalue weighted by atomic mass is 10.2. The molecule has 0 fully saturated rings. The van der Waals surface area contributed by atoms with Gasteiger partial charge in [-0.25, -0.2) is 8.42 Å². The van der Waals surface area contributed by atoms with Gasteiger partial charge < -0.3 is 5.11 Å². The smallest absolute Gasteiger partial charge is 0.323 e. The zero-order valence-corrected chi connectivity index (χ0v) is 10.8. The predicted molar refractivity (Wildman–Crippen MR) is 65.8 cm³/mol. The van der Waals surface area contributed by atoms with E-state index in [-0.39, 0.29) is 5.69 Å². The van der Waals surface area contributed by atoms with E-state index in [0.717, 1.165) is 6.92 Å². The molecule has 0 aliphatic heterocycles. The number of carboxylic acids is 1. The second-order valence-corrected chi connectivity index (χ2v) is 5.95. The Hall–Kier alpha value is -1.27. The van der Waals surface area contributed by atoms with Crippen LogP contribution in [0.3, 0.4) is 0 Å². The molecular weight excluding hydrogens is 266 g/mol. The van der Waals surface area contributed by atoms with Gasteiger partial charge in [0.15, 0.2) is 5.25 Å². The number of hydrogen-bond donors (Lipinski definition) is 2. The number of aliphatic carboxylic acids is 1. The third-order valence-electron chi connectivity index (χ3n) is 2.33. The van der Waals surface area contributed by atoms with Gasteiger partial charge in [-0.3, -0.25) is 9.52 Å². The van der Waals surface area contributed by atoms with Crippen LogP contribution >= 0.6 is 11.6 Å². The van der Waals surface area contributed by atoms with Gasteiger partial charge in [0.1, 0.15) is 0 Å². The minimum atomic E-state index is -3.96. The first-order chi connectivity index (χ1) is 7.75. The molecule has 94 valence electrons. The number of carboxylic acid groups (broad SMARTS) is 1. The highest BCUT2D eigenvalue weighted by molar-refractivity contribution is 7.94. The lowest BCUT2D eigenvalue weighted by Gasteiger charge is -2.13. The fourth-order valence-corrected chi connectivity index (χ4v) is 2.24. The average Bonchev–Trinajstić information content (AvgIpc) is 2.23. The Bertz CT molecular complexity index is 541. The topological polar surface area (TPSA) is 83.5 Å². The molecule has 0 saturated heterocycles. The van der Waals surface area contributed by atoms with Gasteiger partial charge in [0, 0.05) is 5.02 Å². The summed E-state index contributed by atoms with van der Waals surface area (Å²) in [6.07, 6.45) is 0. The largest absolute Gasteiger partial charge is 0.480 e. The van der Waals surface area contributed by atoms with Crippen molar-refractivity contribution >= 4 is 33.3 Å². The maximum absolute atomic E-state index is 11.7. The molecule has 0 aromatic heterocycles. The first kappa shape index (κ1) is 13.8. The van der Waals surface area contributed by atoms with Crippen molar-refractivity contribution in [3.63, 3.8) is 0 Å². The van der Waals surface area contributed by atoms with Gasteiger partial charge in [-0.2, -0.15) is 0 Å². The zero-order valence-electron chi connectivity index (χ0n) is 9.27. The van der Waals surface area contributed by atoms with Crippen molar-refractivity contribution in [2.75, 3.05) is 4.72 Å². The number of halogens is 1. The first-order valence-electron chi connectivity index (χ1n) is 4.75. The van der Waals surface area contributed by atoms with Crippen molar-refractivity contribution in [1.82, 2.24) is 0 Å². The summed E-state index contributed by atoms with van der Waals surface area (Å²) >= 11 is 5.83. The number of hydrogen-bond acceptors (Lipinski definition) is 3. The number of nitrogens with one attached hydrogen (secondary N) is 1. The third-order valence-corrected chi connectivity index (χ3v) is 4.38. The Morgan fingerprint density at radius 1 is 1.47 bits per heavy atom. The Labute approximate surface area is 104 Å². The summed E-state index contributed by atoms with van der Waals surface area (Å²) in [6.45, 7) is 2.75. The molecule has 1 rings (SSSR count). The number of sulfonamides is 1. The van der Waals surface area contributed by atoms with E-state index in [1.165, 1.54) is 6.07 Å². The van der Waals surface area contributed by atoms with Gasteiger partial charge in [0.2, 0.25) is 10.0 Å². The van der Waals surface area contributed by atoms with Crippen LogP contribution in [0.5, 0.6) is 0 Å². The van der Waals surface area contributed by atoms with E-state index < -0.39 is 21.2 Å². The standard InChI is InChI=1S/C10H12ClNO4S/c1-6-8(11)4-3-5-9(6)12-17(15,16)7(2)10(13)14/h3-5,7,12H,1-2H3,(H,13,14). The minimum Gasteiger partial charge on any atom is -0.480 e. The van der Waals surface area contributed by atoms with Crippen LogP contribution in [0.1, 0.15) is 12.5 Å². The van der Waals surface area contributed by atoms with Gasteiger partial charge in [0.25, 0.3) is 0 Å². The van der Waals surface area contributed by atoms with Crippen molar-refractivity contribution in [3.8, 4) is 0 Å². The van der Waals surface area contributed by atoms with Crippen LogP contribution in [0.2, 0.25) is 5.02 Å². The molecule has 0 saturated carbocycles. The molecule has 0 aliphatic carbocycles. The molecule has 17 heavy (non-hydrogen) atoms. The predicted octanol–water partition coefficient (Wildman–Crippen LogP) is 1.86. The van der Waals surface area contributed by atoms with Gasteiger partial charge >= 0.3 is 5.97 Å². The number of carbonyl (C=O) groups is 1. The molecule has 1 aromatic carbocycles. The summed E-state index contributed by atoms with van der Waals surface area (Å²) in [5.41, 5.74) is 0.834. The van der Waals surface area contributed by atoms with Crippen LogP contribution in [-0.2, 0) is 14.8 Å². The summed E-state index contributed by atoms with van der Waals surface area (Å²) in [7, 11) is -3.96. The van der Waals surface area contributed by atoms with E-state index in [9.17, 15) is 13.2 Å². The minimum absolute atomic E-state index is 0.283. The van der Waals surface area contributed by atoms with Crippen LogP contribution in [0, 0.1) is 6.92 Å². The SMILES string of the molecule is Cc1c(Cl)cccc1NS(=O)(=O)C(C)C(=O)O. The molecule has 2 N–H and O–H groups in total. The van der Waals surface area contributed by atoms with E-state index >= 15 is 0 Å².